The summed E-state index contributed by atoms with van der Waals surface area (Å²) in [7, 11) is 2.13. The maximum atomic E-state index is 12.5. The van der Waals surface area contributed by atoms with Crippen molar-refractivity contribution in [2.75, 3.05) is 26.0 Å². The summed E-state index contributed by atoms with van der Waals surface area (Å²) in [6.45, 7) is 15.5. The molecule has 1 N–H and O–H groups in total. The van der Waals surface area contributed by atoms with Crippen molar-refractivity contribution in [2.24, 2.45) is 11.8 Å². The van der Waals surface area contributed by atoms with Crippen molar-refractivity contribution in [3.05, 3.63) is 59.7 Å². The molecule has 0 radical (unpaired) electrons. The molecule has 2 unspecified atom stereocenters. The Kier molecular flexibility index (Phi) is 21.9. The first-order valence-corrected chi connectivity index (χ1v) is 20.9. The van der Waals surface area contributed by atoms with Gasteiger partial charge in [-0.1, -0.05) is 79.7 Å². The zero-order valence-electron chi connectivity index (χ0n) is 29.0. The third-order valence-electron chi connectivity index (χ3n) is 6.96. The average Bonchev–Trinajstić information content (AvgIpc) is 3.06. The van der Waals surface area contributed by atoms with Gasteiger partial charge in [0.25, 0.3) is 10.0 Å². The van der Waals surface area contributed by atoms with Gasteiger partial charge in [-0.15, -0.1) is 3.71 Å². The molecule has 2 atom stereocenters. The molecule has 2 aromatic rings. The van der Waals surface area contributed by atoms with Crippen LogP contribution in [-0.4, -0.2) is 58.5 Å². The summed E-state index contributed by atoms with van der Waals surface area (Å²) in [5.41, 5.74) is 2.29. The van der Waals surface area contributed by atoms with E-state index in [1.807, 2.05) is 24.3 Å². The van der Waals surface area contributed by atoms with Crippen LogP contribution in [0.15, 0.2) is 58.3 Å². The highest BCUT2D eigenvalue weighted by Gasteiger charge is 2.22. The summed E-state index contributed by atoms with van der Waals surface area (Å²) in [4.78, 5) is 22.5. The van der Waals surface area contributed by atoms with Crippen LogP contribution in [0.1, 0.15) is 91.2 Å². The van der Waals surface area contributed by atoms with Gasteiger partial charge in [-0.05, 0) is 101 Å². The average molecular weight is 755 g/mol. The molecule has 0 heterocycles. The molecular formula is C32H51ClN2O8S4. The number of carbonyl (C=O) groups is 2. The second kappa shape index (κ2) is 22.8. The Balaban J connectivity index is 0.000000753. The smallest absolute Gasteiger partial charge is 0.309 e. The van der Waals surface area contributed by atoms with Gasteiger partial charge in [-0.3, -0.25) is 9.59 Å². The second-order valence-corrected chi connectivity index (χ2v) is 17.3. The quantitative estimate of drug-likeness (QED) is 0.109. The van der Waals surface area contributed by atoms with Crippen molar-refractivity contribution in [3.63, 3.8) is 0 Å². The Morgan fingerprint density at radius 1 is 0.745 bits per heavy atom. The maximum absolute atomic E-state index is 12.5. The van der Waals surface area contributed by atoms with E-state index < -0.39 is 20.0 Å². The summed E-state index contributed by atoms with van der Waals surface area (Å²) in [6, 6.07) is 14.0. The molecule has 0 bridgehead atoms. The van der Waals surface area contributed by atoms with E-state index in [1.54, 1.807) is 52.0 Å². The van der Waals surface area contributed by atoms with E-state index in [4.69, 9.17) is 15.4 Å². The topological polar surface area (TPSA) is 136 Å². The van der Waals surface area contributed by atoms with Crippen molar-refractivity contribution >= 4 is 65.6 Å². The van der Waals surface area contributed by atoms with Gasteiger partial charge in [-0.2, -0.15) is 0 Å². The lowest BCUT2D eigenvalue weighted by Crippen LogP contribution is -2.22. The lowest BCUT2D eigenvalue weighted by atomic mass is 9.99. The summed E-state index contributed by atoms with van der Waals surface area (Å²) in [5, 5.41) is 0. The van der Waals surface area contributed by atoms with Crippen LogP contribution in [-0.2, 0) is 39.1 Å². The second-order valence-electron chi connectivity index (χ2n) is 11.1. The zero-order chi connectivity index (χ0) is 36.4. The molecule has 0 saturated carbocycles. The first-order chi connectivity index (χ1) is 21.9. The summed E-state index contributed by atoms with van der Waals surface area (Å²) in [5.74, 6) is 0.227. The molecule has 268 valence electrons. The van der Waals surface area contributed by atoms with Crippen molar-refractivity contribution in [2.45, 2.75) is 89.9 Å². The third kappa shape index (κ3) is 16.4. The van der Waals surface area contributed by atoms with Crippen LogP contribution in [0.25, 0.3) is 0 Å². The van der Waals surface area contributed by atoms with Crippen LogP contribution in [0.5, 0.6) is 0 Å². The number of hydrogen-bond acceptors (Lipinski definition) is 10. The predicted octanol–water partition coefficient (Wildman–Crippen LogP) is 7.76. The zero-order valence-corrected chi connectivity index (χ0v) is 33.0. The number of nitrogens with zero attached hydrogens (tertiary/aromatic N) is 1. The van der Waals surface area contributed by atoms with E-state index >= 15 is 0 Å². The number of carbonyl (C=O) groups excluding carboxylic acids is 2. The van der Waals surface area contributed by atoms with E-state index in [9.17, 15) is 26.4 Å². The Hall–Kier alpha value is -1.81. The van der Waals surface area contributed by atoms with Crippen LogP contribution in [0.3, 0.4) is 0 Å². The lowest BCUT2D eigenvalue weighted by molar-refractivity contribution is -0.145. The van der Waals surface area contributed by atoms with Crippen LogP contribution < -0.4 is 4.72 Å². The number of halogens is 1. The molecule has 47 heavy (non-hydrogen) atoms. The summed E-state index contributed by atoms with van der Waals surface area (Å²) >= 11 is 0.941. The standard InChI is InChI=1S/C16H25NO4S2.C11H17NO2S.C5H9ClO2S/c1-6-13(4)14-7-9-15(10-8-14)23(19,20)17(5)22-11-21-16(18)12(2)3;1-4-9(2)10-5-7-11(8-6-10)15(13,14)12-3;1-4(2)5(7)8-3-9-6/h7-10,12-13H,6,11H2,1-5H3;5-9,12H,4H2,1-3H3;4H,3H2,1-2H3. The fraction of sp³-hybridized carbons (Fsp3) is 0.562. The molecule has 0 aliphatic carbocycles. The first kappa shape index (κ1) is 45.2. The Morgan fingerprint density at radius 3 is 1.47 bits per heavy atom. The van der Waals surface area contributed by atoms with Gasteiger partial charge in [0.15, 0.2) is 11.9 Å². The molecule has 0 aliphatic heterocycles. The Labute approximate surface area is 295 Å². The van der Waals surface area contributed by atoms with E-state index in [2.05, 4.69) is 37.2 Å². The van der Waals surface area contributed by atoms with Gasteiger partial charge in [-0.25, -0.2) is 21.6 Å². The minimum atomic E-state index is -3.60. The van der Waals surface area contributed by atoms with Gasteiger partial charge in [0.1, 0.15) is 0 Å². The van der Waals surface area contributed by atoms with Crippen molar-refractivity contribution < 1.29 is 35.9 Å². The first-order valence-electron chi connectivity index (χ1n) is 15.2. The number of hydrogen-bond donors (Lipinski definition) is 1. The van der Waals surface area contributed by atoms with Crippen LogP contribution >= 0.6 is 33.6 Å². The molecule has 0 saturated heterocycles. The molecular weight excluding hydrogens is 704 g/mol. The molecule has 10 nitrogen and oxygen atoms in total. The van der Waals surface area contributed by atoms with Gasteiger partial charge in [0.05, 0.1) is 21.6 Å². The van der Waals surface area contributed by atoms with E-state index in [-0.39, 0.29) is 40.5 Å². The highest BCUT2D eigenvalue weighted by Crippen LogP contribution is 2.25. The van der Waals surface area contributed by atoms with Crippen LogP contribution in [0.4, 0.5) is 0 Å². The monoisotopic (exact) mass is 754 g/mol. The molecule has 0 fully saturated rings. The number of sulfonamides is 2. The maximum Gasteiger partial charge on any atom is 0.309 e. The highest BCUT2D eigenvalue weighted by molar-refractivity contribution is 8.21. The number of benzene rings is 2. The SMILES string of the molecule is CC(C)C(=O)OCSCl.CCC(C)c1ccc(S(=O)(=O)N(C)SCOC(=O)C(C)C)cc1.CCC(C)c1ccc(S(=O)(=O)NC)cc1. The normalized spacial score (nSPS) is 12.8. The largest absolute Gasteiger partial charge is 0.453 e. The van der Waals surface area contributed by atoms with Crippen LogP contribution in [0.2, 0.25) is 0 Å². The molecule has 2 rings (SSSR count). The molecule has 0 aromatic heterocycles. The van der Waals surface area contributed by atoms with E-state index in [0.29, 0.717) is 16.7 Å². The molecule has 2 aromatic carbocycles. The van der Waals surface area contributed by atoms with Crippen molar-refractivity contribution in [3.8, 4) is 0 Å². The lowest BCUT2D eigenvalue weighted by Gasteiger charge is -2.17. The highest BCUT2D eigenvalue weighted by atomic mass is 35.7. The number of rotatable bonds is 15. The van der Waals surface area contributed by atoms with Gasteiger partial charge in [0, 0.05) is 7.05 Å². The fourth-order valence-electron chi connectivity index (χ4n) is 3.32. The van der Waals surface area contributed by atoms with Crippen molar-refractivity contribution in [1.29, 1.82) is 0 Å². The predicted molar refractivity (Wildman–Crippen MR) is 194 cm³/mol. The molecule has 0 amide bonds. The summed E-state index contributed by atoms with van der Waals surface area (Å²) < 4.78 is 60.8. The van der Waals surface area contributed by atoms with E-state index in [0.717, 1.165) is 45.0 Å². The van der Waals surface area contributed by atoms with Crippen molar-refractivity contribution in [1.82, 2.24) is 8.43 Å². The third-order valence-corrected chi connectivity index (χ3v) is 11.9. The molecule has 0 aliphatic rings. The Morgan fingerprint density at radius 2 is 1.13 bits per heavy atom. The van der Waals surface area contributed by atoms with Gasteiger partial charge >= 0.3 is 11.9 Å². The number of esters is 2. The minimum Gasteiger partial charge on any atom is -0.453 e. The summed E-state index contributed by atoms with van der Waals surface area (Å²) in [6.07, 6.45) is 2.06. The Bertz CT molecular complexity index is 1420. The molecule has 0 spiro atoms. The fourth-order valence-corrected chi connectivity index (χ4v) is 6.38. The number of nitrogens with one attached hydrogen (secondary N) is 1. The number of ether oxygens (including phenoxy) is 2. The van der Waals surface area contributed by atoms with Crippen LogP contribution in [0, 0.1) is 11.8 Å². The van der Waals surface area contributed by atoms with Gasteiger partial charge < -0.3 is 9.47 Å². The minimum absolute atomic E-state index is 0.0301. The van der Waals surface area contributed by atoms with Gasteiger partial charge in [0.2, 0.25) is 10.0 Å². The van der Waals surface area contributed by atoms with E-state index in [1.165, 1.54) is 19.7 Å². The molecule has 15 heteroatoms.